The minimum atomic E-state index is -0.0128. The van der Waals surface area contributed by atoms with E-state index in [2.05, 4.69) is 17.1 Å². The predicted molar refractivity (Wildman–Crippen MR) is 52.4 cm³/mol. The third kappa shape index (κ3) is 1.80. The Labute approximate surface area is 84.0 Å². The number of hydrogen-bond donors (Lipinski definition) is 1. The van der Waals surface area contributed by atoms with Crippen molar-refractivity contribution >= 4 is 0 Å². The molecule has 2 unspecified atom stereocenters. The van der Waals surface area contributed by atoms with Crippen LogP contribution in [0.4, 0.5) is 0 Å². The van der Waals surface area contributed by atoms with E-state index in [1.165, 1.54) is 19.3 Å². The van der Waals surface area contributed by atoms with E-state index >= 15 is 0 Å². The van der Waals surface area contributed by atoms with Gasteiger partial charge in [-0.3, -0.25) is 0 Å². The van der Waals surface area contributed by atoms with E-state index in [0.717, 1.165) is 18.4 Å². The molecule has 1 heterocycles. The molecular weight excluding hydrogens is 178 g/mol. The van der Waals surface area contributed by atoms with Gasteiger partial charge in [-0.05, 0) is 18.3 Å². The van der Waals surface area contributed by atoms with Gasteiger partial charge in [0.15, 0.2) is 5.82 Å². The summed E-state index contributed by atoms with van der Waals surface area (Å²) in [6, 6.07) is 0. The molecule has 1 aliphatic rings. The van der Waals surface area contributed by atoms with Gasteiger partial charge in [-0.25, -0.2) is 0 Å². The second-order valence-electron chi connectivity index (χ2n) is 4.23. The van der Waals surface area contributed by atoms with Crippen molar-refractivity contribution in [3.05, 3.63) is 12.2 Å². The van der Waals surface area contributed by atoms with Crippen molar-refractivity contribution in [1.82, 2.24) is 14.8 Å². The van der Waals surface area contributed by atoms with Crippen molar-refractivity contribution in [2.24, 2.45) is 11.8 Å². The maximum absolute atomic E-state index is 9.02. The first-order valence-corrected chi connectivity index (χ1v) is 5.29. The normalized spacial score (nSPS) is 27.0. The second-order valence-corrected chi connectivity index (χ2v) is 4.23. The van der Waals surface area contributed by atoms with Crippen LogP contribution in [0.25, 0.3) is 0 Å². The number of hydrogen-bond acceptors (Lipinski definition) is 3. The molecule has 0 saturated heterocycles. The molecule has 1 aromatic rings. The Morgan fingerprint density at radius 1 is 1.57 bits per heavy atom. The van der Waals surface area contributed by atoms with E-state index < -0.39 is 0 Å². The van der Waals surface area contributed by atoms with Crippen molar-refractivity contribution < 1.29 is 5.11 Å². The van der Waals surface area contributed by atoms with Gasteiger partial charge in [0, 0.05) is 6.54 Å². The zero-order chi connectivity index (χ0) is 9.97. The molecule has 78 valence electrons. The van der Waals surface area contributed by atoms with Crippen molar-refractivity contribution in [3.63, 3.8) is 0 Å². The van der Waals surface area contributed by atoms with Crippen LogP contribution in [0.3, 0.4) is 0 Å². The summed E-state index contributed by atoms with van der Waals surface area (Å²) >= 11 is 0. The molecule has 1 N–H and O–H groups in total. The molecule has 0 bridgehead atoms. The molecule has 0 radical (unpaired) electrons. The van der Waals surface area contributed by atoms with Gasteiger partial charge in [0.2, 0.25) is 0 Å². The number of aliphatic hydroxyl groups excluding tert-OH is 1. The number of nitrogens with zero attached hydrogens (tertiary/aromatic N) is 3. The maximum Gasteiger partial charge on any atom is 0.158 e. The van der Waals surface area contributed by atoms with Gasteiger partial charge in [-0.15, -0.1) is 10.2 Å². The van der Waals surface area contributed by atoms with Crippen LogP contribution in [0.1, 0.15) is 32.0 Å². The molecule has 1 aliphatic carbocycles. The molecule has 2 atom stereocenters. The van der Waals surface area contributed by atoms with Gasteiger partial charge >= 0.3 is 0 Å². The monoisotopic (exact) mass is 195 g/mol. The largest absolute Gasteiger partial charge is 0.388 e. The highest BCUT2D eigenvalue weighted by molar-refractivity contribution is 4.85. The number of rotatable bonds is 3. The summed E-state index contributed by atoms with van der Waals surface area (Å²) in [4.78, 5) is 0. The van der Waals surface area contributed by atoms with Gasteiger partial charge in [0.25, 0.3) is 0 Å². The minimum absolute atomic E-state index is 0.0128. The fourth-order valence-corrected chi connectivity index (χ4v) is 2.30. The van der Waals surface area contributed by atoms with Crippen LogP contribution in [0.5, 0.6) is 0 Å². The van der Waals surface area contributed by atoms with Crippen LogP contribution in [0.2, 0.25) is 0 Å². The standard InChI is InChI=1S/C10H17N3O/c1-8-3-2-4-9(8)5-13-7-11-12-10(13)6-14/h7-9,14H,2-6H2,1H3. The van der Waals surface area contributed by atoms with Crippen molar-refractivity contribution in [3.8, 4) is 0 Å². The molecule has 0 aliphatic heterocycles. The van der Waals surface area contributed by atoms with Crippen LogP contribution in [0, 0.1) is 11.8 Å². The lowest BCUT2D eigenvalue weighted by Gasteiger charge is -2.16. The summed E-state index contributed by atoms with van der Waals surface area (Å²) < 4.78 is 1.98. The molecule has 0 spiro atoms. The first-order valence-electron chi connectivity index (χ1n) is 5.29. The molecule has 2 rings (SSSR count). The fourth-order valence-electron chi connectivity index (χ4n) is 2.30. The highest BCUT2D eigenvalue weighted by atomic mass is 16.3. The van der Waals surface area contributed by atoms with Crippen LogP contribution in [-0.4, -0.2) is 19.9 Å². The molecule has 4 nitrogen and oxygen atoms in total. The zero-order valence-electron chi connectivity index (χ0n) is 8.56. The van der Waals surface area contributed by atoms with Crippen molar-refractivity contribution in [2.75, 3.05) is 0 Å². The van der Waals surface area contributed by atoms with Gasteiger partial charge < -0.3 is 9.67 Å². The van der Waals surface area contributed by atoms with Gasteiger partial charge in [-0.1, -0.05) is 19.8 Å². The Hall–Kier alpha value is -0.900. The lowest BCUT2D eigenvalue weighted by Crippen LogP contribution is -2.14. The Morgan fingerprint density at radius 3 is 3.07 bits per heavy atom. The lowest BCUT2D eigenvalue weighted by atomic mass is 9.98. The molecule has 14 heavy (non-hydrogen) atoms. The minimum Gasteiger partial charge on any atom is -0.388 e. The third-order valence-corrected chi connectivity index (χ3v) is 3.31. The van der Waals surface area contributed by atoms with Gasteiger partial charge in [-0.2, -0.15) is 0 Å². The highest BCUT2D eigenvalue weighted by Gasteiger charge is 2.24. The van der Waals surface area contributed by atoms with E-state index in [-0.39, 0.29) is 6.61 Å². The number of aromatic nitrogens is 3. The molecule has 1 aromatic heterocycles. The Balaban J connectivity index is 2.02. The van der Waals surface area contributed by atoms with Crippen molar-refractivity contribution in [2.45, 2.75) is 39.3 Å². The summed E-state index contributed by atoms with van der Waals surface area (Å²) in [5.41, 5.74) is 0. The average molecular weight is 195 g/mol. The summed E-state index contributed by atoms with van der Waals surface area (Å²) in [7, 11) is 0. The van der Waals surface area contributed by atoms with E-state index in [1.54, 1.807) is 6.33 Å². The molecular formula is C10H17N3O. The quantitative estimate of drug-likeness (QED) is 0.788. The fraction of sp³-hybridized carbons (Fsp3) is 0.800. The van der Waals surface area contributed by atoms with Crippen LogP contribution >= 0.6 is 0 Å². The van der Waals surface area contributed by atoms with Gasteiger partial charge in [0.05, 0.1) is 0 Å². The summed E-state index contributed by atoms with van der Waals surface area (Å²) in [6.07, 6.45) is 5.68. The summed E-state index contributed by atoms with van der Waals surface area (Å²) in [6.45, 7) is 3.26. The van der Waals surface area contributed by atoms with Crippen molar-refractivity contribution in [1.29, 1.82) is 0 Å². The average Bonchev–Trinajstić information content (AvgIpc) is 2.77. The zero-order valence-corrected chi connectivity index (χ0v) is 8.56. The van der Waals surface area contributed by atoms with E-state index in [1.807, 2.05) is 4.57 Å². The first kappa shape index (κ1) is 9.65. The first-order chi connectivity index (χ1) is 6.81. The van der Waals surface area contributed by atoms with E-state index in [9.17, 15) is 0 Å². The molecule has 4 heteroatoms. The predicted octanol–water partition coefficient (Wildman–Crippen LogP) is 1.21. The maximum atomic E-state index is 9.02. The topological polar surface area (TPSA) is 50.9 Å². The number of aliphatic hydroxyl groups is 1. The SMILES string of the molecule is CC1CCCC1Cn1cnnc1CO. The Morgan fingerprint density at radius 2 is 2.43 bits per heavy atom. The molecule has 0 aromatic carbocycles. The van der Waals surface area contributed by atoms with E-state index in [4.69, 9.17) is 5.11 Å². The summed E-state index contributed by atoms with van der Waals surface area (Å²) in [5.74, 6) is 2.21. The smallest absolute Gasteiger partial charge is 0.158 e. The Kier molecular flexibility index (Phi) is 2.82. The van der Waals surface area contributed by atoms with E-state index in [0.29, 0.717) is 5.82 Å². The highest BCUT2D eigenvalue weighted by Crippen LogP contribution is 2.32. The van der Waals surface area contributed by atoms with Crippen LogP contribution < -0.4 is 0 Å². The second kappa shape index (κ2) is 4.09. The van der Waals surface area contributed by atoms with Crippen LogP contribution in [-0.2, 0) is 13.2 Å². The summed E-state index contributed by atoms with van der Waals surface area (Å²) in [5, 5.41) is 16.7. The Bertz CT molecular complexity index is 297. The molecule has 0 amide bonds. The molecule has 1 saturated carbocycles. The lowest BCUT2D eigenvalue weighted by molar-refractivity contribution is 0.257. The van der Waals surface area contributed by atoms with Gasteiger partial charge in [0.1, 0.15) is 12.9 Å². The van der Waals surface area contributed by atoms with Crippen LogP contribution in [0.15, 0.2) is 6.33 Å². The molecule has 1 fully saturated rings. The third-order valence-electron chi connectivity index (χ3n) is 3.31.